The first-order chi connectivity index (χ1) is 11.6. The number of carbonyl (C=O) groups is 2. The fourth-order valence-corrected chi connectivity index (χ4v) is 3.13. The molecule has 2 amide bonds. The number of nitrogens with zero attached hydrogens (tertiary/aromatic N) is 1. The van der Waals surface area contributed by atoms with Crippen LogP contribution < -0.4 is 0 Å². The minimum atomic E-state index is -0.233. The second-order valence-corrected chi connectivity index (χ2v) is 6.54. The molecule has 0 aromatic heterocycles. The number of imide groups is 1. The van der Waals surface area contributed by atoms with E-state index in [2.05, 4.69) is 0 Å². The van der Waals surface area contributed by atoms with E-state index in [1.54, 1.807) is 12.2 Å². The lowest BCUT2D eigenvalue weighted by Gasteiger charge is -2.12. The van der Waals surface area contributed by atoms with Crippen LogP contribution in [-0.4, -0.2) is 16.0 Å². The highest BCUT2D eigenvalue weighted by atomic mass is 32.2. The summed E-state index contributed by atoms with van der Waals surface area (Å²) < 4.78 is 0. The van der Waals surface area contributed by atoms with Crippen molar-refractivity contribution in [3.63, 3.8) is 0 Å². The molecule has 2 aromatic carbocycles. The van der Waals surface area contributed by atoms with Crippen molar-refractivity contribution in [3.05, 3.63) is 88.3 Å². The Morgan fingerprint density at radius 1 is 1.00 bits per heavy atom. The maximum absolute atomic E-state index is 12.4. The summed E-state index contributed by atoms with van der Waals surface area (Å²) in [5, 5.41) is -0.222. The molecule has 0 bridgehead atoms. The van der Waals surface area contributed by atoms with Gasteiger partial charge in [0.25, 0.3) is 11.1 Å². The van der Waals surface area contributed by atoms with Gasteiger partial charge >= 0.3 is 0 Å². The SMILES string of the molecule is Cc1ccc(CN2C(=O)S/C(=C\C=C\c3ccccc3)C2=O)cc1. The molecule has 1 aliphatic rings. The molecule has 120 valence electrons. The van der Waals surface area contributed by atoms with Crippen LogP contribution >= 0.6 is 11.8 Å². The number of hydrogen-bond acceptors (Lipinski definition) is 3. The smallest absolute Gasteiger partial charge is 0.268 e. The molecule has 0 N–H and O–H groups in total. The Morgan fingerprint density at radius 2 is 1.71 bits per heavy atom. The van der Waals surface area contributed by atoms with E-state index in [0.29, 0.717) is 11.4 Å². The van der Waals surface area contributed by atoms with Crippen LogP contribution in [0.1, 0.15) is 16.7 Å². The maximum atomic E-state index is 12.4. The molecule has 0 atom stereocenters. The highest BCUT2D eigenvalue weighted by Crippen LogP contribution is 2.31. The molecule has 0 aliphatic carbocycles. The molecule has 0 spiro atoms. The first-order valence-electron chi connectivity index (χ1n) is 7.66. The van der Waals surface area contributed by atoms with E-state index in [4.69, 9.17) is 0 Å². The first kappa shape index (κ1) is 16.3. The van der Waals surface area contributed by atoms with Crippen LogP contribution in [0.4, 0.5) is 4.79 Å². The van der Waals surface area contributed by atoms with Crippen LogP contribution in [0.3, 0.4) is 0 Å². The molecule has 3 nitrogen and oxygen atoms in total. The van der Waals surface area contributed by atoms with Crippen molar-refractivity contribution in [1.29, 1.82) is 0 Å². The topological polar surface area (TPSA) is 37.4 Å². The van der Waals surface area contributed by atoms with Crippen molar-refractivity contribution >= 4 is 29.0 Å². The Hall–Kier alpha value is -2.59. The van der Waals surface area contributed by atoms with Gasteiger partial charge in [-0.3, -0.25) is 14.5 Å². The number of rotatable bonds is 4. The van der Waals surface area contributed by atoms with Gasteiger partial charge in [0, 0.05) is 0 Å². The number of carbonyl (C=O) groups excluding carboxylic acids is 2. The Labute approximate surface area is 145 Å². The molecule has 0 saturated carbocycles. The lowest BCUT2D eigenvalue weighted by atomic mass is 10.1. The van der Waals surface area contributed by atoms with Crippen molar-refractivity contribution in [2.75, 3.05) is 0 Å². The quantitative estimate of drug-likeness (QED) is 0.754. The molecule has 4 heteroatoms. The van der Waals surface area contributed by atoms with E-state index in [9.17, 15) is 9.59 Å². The van der Waals surface area contributed by atoms with Gasteiger partial charge in [-0.15, -0.1) is 0 Å². The molecule has 24 heavy (non-hydrogen) atoms. The average Bonchev–Trinajstić information content (AvgIpc) is 2.85. The fraction of sp³-hybridized carbons (Fsp3) is 0.100. The Balaban J connectivity index is 1.70. The normalized spacial score (nSPS) is 16.5. The van der Waals surface area contributed by atoms with Gasteiger partial charge < -0.3 is 0 Å². The highest BCUT2D eigenvalue weighted by molar-refractivity contribution is 8.18. The van der Waals surface area contributed by atoms with Crippen LogP contribution in [0.5, 0.6) is 0 Å². The van der Waals surface area contributed by atoms with Crippen molar-refractivity contribution < 1.29 is 9.59 Å². The van der Waals surface area contributed by atoms with Gasteiger partial charge in [0.05, 0.1) is 11.4 Å². The Morgan fingerprint density at radius 3 is 2.42 bits per heavy atom. The number of amides is 2. The number of allylic oxidation sites excluding steroid dienone is 2. The first-order valence-corrected chi connectivity index (χ1v) is 8.48. The minimum absolute atomic E-state index is 0.222. The van der Waals surface area contributed by atoms with Gasteiger partial charge in [0.2, 0.25) is 0 Å². The number of hydrogen-bond donors (Lipinski definition) is 0. The summed E-state index contributed by atoms with van der Waals surface area (Å²) >= 11 is 0.987. The second-order valence-electron chi connectivity index (χ2n) is 5.55. The Kier molecular flexibility index (Phi) is 4.96. The lowest BCUT2D eigenvalue weighted by Crippen LogP contribution is -2.27. The zero-order chi connectivity index (χ0) is 16.9. The monoisotopic (exact) mass is 335 g/mol. The molecular weight excluding hydrogens is 318 g/mol. The van der Waals surface area contributed by atoms with E-state index in [-0.39, 0.29) is 11.1 Å². The van der Waals surface area contributed by atoms with Crippen molar-refractivity contribution in [3.8, 4) is 0 Å². The second kappa shape index (κ2) is 7.32. The van der Waals surface area contributed by atoms with Crippen molar-refractivity contribution in [2.24, 2.45) is 0 Å². The summed E-state index contributed by atoms with van der Waals surface area (Å²) in [6.45, 7) is 2.32. The summed E-state index contributed by atoms with van der Waals surface area (Å²) in [5.41, 5.74) is 3.15. The van der Waals surface area contributed by atoms with Gasteiger partial charge in [-0.25, -0.2) is 0 Å². The average molecular weight is 335 g/mol. The molecular formula is C20H17NO2S. The summed E-state index contributed by atoms with van der Waals surface area (Å²) in [6.07, 6.45) is 5.42. The van der Waals surface area contributed by atoms with Gasteiger partial charge in [0.1, 0.15) is 0 Å². The largest absolute Gasteiger partial charge is 0.293 e. The van der Waals surface area contributed by atoms with Crippen LogP contribution in [0, 0.1) is 6.92 Å². The predicted molar refractivity (Wildman–Crippen MR) is 98.3 cm³/mol. The Bertz CT molecular complexity index is 807. The van der Waals surface area contributed by atoms with E-state index in [1.807, 2.05) is 67.6 Å². The highest BCUT2D eigenvalue weighted by Gasteiger charge is 2.34. The minimum Gasteiger partial charge on any atom is -0.268 e. The van der Waals surface area contributed by atoms with Gasteiger partial charge in [-0.05, 0) is 35.9 Å². The summed E-state index contributed by atoms with van der Waals surface area (Å²) in [6, 6.07) is 17.7. The number of thioether (sulfide) groups is 1. The third-order valence-corrected chi connectivity index (χ3v) is 4.60. The molecule has 3 rings (SSSR count). The fourth-order valence-electron chi connectivity index (χ4n) is 2.34. The number of aryl methyl sites for hydroxylation is 1. The molecule has 1 saturated heterocycles. The molecule has 2 aromatic rings. The van der Waals surface area contributed by atoms with Gasteiger partial charge in [0.15, 0.2) is 0 Å². The summed E-state index contributed by atoms with van der Waals surface area (Å²) in [4.78, 5) is 26.3. The van der Waals surface area contributed by atoms with Gasteiger partial charge in [-0.2, -0.15) is 0 Å². The maximum Gasteiger partial charge on any atom is 0.293 e. The molecule has 1 aliphatic heterocycles. The standard InChI is InChI=1S/C20H17NO2S/c1-15-10-12-17(13-11-15)14-21-19(22)18(24-20(21)23)9-5-8-16-6-3-2-4-7-16/h2-13H,14H2,1H3/b8-5+,18-9-. The summed E-state index contributed by atoms with van der Waals surface area (Å²) in [5.74, 6) is -0.233. The molecule has 1 heterocycles. The zero-order valence-corrected chi connectivity index (χ0v) is 14.1. The van der Waals surface area contributed by atoms with Crippen LogP contribution in [-0.2, 0) is 11.3 Å². The van der Waals surface area contributed by atoms with E-state index >= 15 is 0 Å². The van der Waals surface area contributed by atoms with Crippen molar-refractivity contribution in [1.82, 2.24) is 4.90 Å². The van der Waals surface area contributed by atoms with E-state index in [0.717, 1.165) is 28.5 Å². The summed E-state index contributed by atoms with van der Waals surface area (Å²) in [7, 11) is 0. The molecule has 1 fully saturated rings. The van der Waals surface area contributed by atoms with Crippen LogP contribution in [0.25, 0.3) is 6.08 Å². The molecule has 0 radical (unpaired) electrons. The lowest BCUT2D eigenvalue weighted by molar-refractivity contribution is -0.123. The number of benzene rings is 2. The van der Waals surface area contributed by atoms with Crippen molar-refractivity contribution in [2.45, 2.75) is 13.5 Å². The van der Waals surface area contributed by atoms with E-state index < -0.39 is 0 Å². The van der Waals surface area contributed by atoms with E-state index in [1.165, 1.54) is 4.90 Å². The molecule has 0 unspecified atom stereocenters. The third kappa shape index (κ3) is 3.84. The predicted octanol–water partition coefficient (Wildman–Crippen LogP) is 4.79. The zero-order valence-electron chi connectivity index (χ0n) is 13.3. The van der Waals surface area contributed by atoms with Crippen LogP contribution in [0.2, 0.25) is 0 Å². The third-order valence-electron chi connectivity index (χ3n) is 3.67. The van der Waals surface area contributed by atoms with Crippen LogP contribution in [0.15, 0.2) is 71.7 Å². The van der Waals surface area contributed by atoms with Gasteiger partial charge in [-0.1, -0.05) is 72.3 Å².